The van der Waals surface area contributed by atoms with Crippen molar-refractivity contribution >= 4 is 49.1 Å². The number of aryl methyl sites for hydroxylation is 1. The highest BCUT2D eigenvalue weighted by atomic mass is 79.9. The summed E-state index contributed by atoms with van der Waals surface area (Å²) < 4.78 is 47.5. The average Bonchev–Trinajstić information content (AvgIpc) is 3.00. The quantitative estimate of drug-likeness (QED) is 0.396. The third-order valence-electron chi connectivity index (χ3n) is 4.37. The minimum absolute atomic E-state index is 0.103. The summed E-state index contributed by atoms with van der Waals surface area (Å²) in [5.74, 6) is 0.592. The van der Waals surface area contributed by atoms with Crippen LogP contribution in [0.25, 0.3) is 0 Å². The number of alkyl halides is 3. The predicted molar refractivity (Wildman–Crippen MR) is 107 cm³/mol. The summed E-state index contributed by atoms with van der Waals surface area (Å²) in [6.07, 6.45) is -3.73. The van der Waals surface area contributed by atoms with Crippen molar-refractivity contribution in [3.05, 3.63) is 63.1 Å². The zero-order chi connectivity index (χ0) is 20.9. The molecule has 5 nitrogen and oxygen atoms in total. The second kappa shape index (κ2) is 7.17. The maximum absolute atomic E-state index is 13.2. The smallest absolute Gasteiger partial charge is 0.434 e. The van der Waals surface area contributed by atoms with Crippen LogP contribution in [-0.2, 0) is 17.5 Å². The molecule has 0 spiro atoms. The molecule has 1 amide bonds. The summed E-state index contributed by atoms with van der Waals surface area (Å²) in [7, 11) is 0. The van der Waals surface area contributed by atoms with E-state index < -0.39 is 17.8 Å². The number of ether oxygens (including phenoxy) is 1. The van der Waals surface area contributed by atoms with Gasteiger partial charge < -0.3 is 9.30 Å². The van der Waals surface area contributed by atoms with Crippen LogP contribution in [0.1, 0.15) is 11.5 Å². The zero-order valence-corrected chi connectivity index (χ0v) is 18.0. The molecule has 0 atom stereocenters. The third kappa shape index (κ3) is 3.78. The summed E-state index contributed by atoms with van der Waals surface area (Å²) in [4.78, 5) is 18.2. The van der Waals surface area contributed by atoms with Gasteiger partial charge in [-0.05, 0) is 43.3 Å². The maximum atomic E-state index is 13.2. The van der Waals surface area contributed by atoms with Crippen molar-refractivity contribution < 1.29 is 22.7 Å². The Bertz CT molecular complexity index is 1080. The Hall–Kier alpha value is -2.33. The topological polar surface area (TPSA) is 47.4 Å². The van der Waals surface area contributed by atoms with Crippen LogP contribution in [0.15, 0.2) is 51.5 Å². The Kier molecular flexibility index (Phi) is 4.94. The van der Waals surface area contributed by atoms with Gasteiger partial charge in [-0.3, -0.25) is 9.69 Å². The van der Waals surface area contributed by atoms with Crippen LogP contribution in [-0.4, -0.2) is 15.5 Å². The van der Waals surface area contributed by atoms with E-state index in [1.54, 1.807) is 36.4 Å². The van der Waals surface area contributed by atoms with Crippen LogP contribution in [0.2, 0.25) is 0 Å². The van der Waals surface area contributed by atoms with E-state index in [0.717, 1.165) is 15.1 Å². The second-order valence-electron chi connectivity index (χ2n) is 6.35. The largest absolute Gasteiger partial charge is 0.453 e. The average molecular weight is 531 g/mol. The van der Waals surface area contributed by atoms with Crippen LogP contribution < -0.4 is 9.64 Å². The van der Waals surface area contributed by atoms with Crippen molar-refractivity contribution in [3.8, 4) is 11.5 Å². The molecule has 0 saturated carbocycles. The van der Waals surface area contributed by atoms with Gasteiger partial charge in [-0.15, -0.1) is 0 Å². The van der Waals surface area contributed by atoms with Crippen LogP contribution in [0.5, 0.6) is 11.5 Å². The van der Waals surface area contributed by atoms with Crippen LogP contribution in [0.3, 0.4) is 0 Å². The molecule has 150 valence electrons. The zero-order valence-electron chi connectivity index (χ0n) is 14.8. The normalized spacial score (nSPS) is 13.0. The predicted octanol–water partition coefficient (Wildman–Crippen LogP) is 6.21. The number of hydrogen-bond acceptors (Lipinski definition) is 3. The molecule has 10 heteroatoms. The molecule has 0 saturated heterocycles. The molecule has 0 fully saturated rings. The Morgan fingerprint density at radius 2 is 1.62 bits per heavy atom. The Balaban J connectivity index is 1.75. The molecule has 1 aliphatic heterocycles. The fourth-order valence-electron chi connectivity index (χ4n) is 3.05. The summed E-state index contributed by atoms with van der Waals surface area (Å²) in [5, 5.41) is 0. The van der Waals surface area contributed by atoms with Crippen LogP contribution in [0.4, 0.5) is 24.5 Å². The van der Waals surface area contributed by atoms with Crippen molar-refractivity contribution in [2.75, 3.05) is 4.90 Å². The monoisotopic (exact) mass is 529 g/mol. The number of imidazole rings is 1. The molecule has 0 N–H and O–H groups in total. The van der Waals surface area contributed by atoms with Gasteiger partial charge in [-0.25, -0.2) is 4.98 Å². The number of carbonyl (C=O) groups excluding carboxylic acids is 1. The van der Waals surface area contributed by atoms with E-state index in [9.17, 15) is 18.0 Å². The molecule has 0 aliphatic carbocycles. The number of rotatable bonds is 2. The molecular weight excluding hydrogens is 519 g/mol. The van der Waals surface area contributed by atoms with Crippen LogP contribution >= 0.6 is 31.9 Å². The highest BCUT2D eigenvalue weighted by Gasteiger charge is 2.35. The molecule has 2 heterocycles. The van der Waals surface area contributed by atoms with Crippen molar-refractivity contribution in [2.45, 2.75) is 19.6 Å². The van der Waals surface area contributed by atoms with E-state index in [4.69, 9.17) is 4.74 Å². The number of anilines is 2. The van der Waals surface area contributed by atoms with Crippen molar-refractivity contribution in [1.29, 1.82) is 0 Å². The van der Waals surface area contributed by atoms with Crippen LogP contribution in [0, 0.1) is 6.92 Å². The van der Waals surface area contributed by atoms with E-state index in [0.29, 0.717) is 22.9 Å². The SMILES string of the molecule is Cc1nc(C(F)(F)F)cn1CC(=O)N1c2ccc(Br)cc2Oc2cc(Br)ccc21. The van der Waals surface area contributed by atoms with Gasteiger partial charge in [-0.2, -0.15) is 13.2 Å². The number of fused-ring (bicyclic) bond motifs is 2. The van der Waals surface area contributed by atoms with Gasteiger partial charge in [0.15, 0.2) is 17.2 Å². The molecule has 3 aromatic rings. The Morgan fingerprint density at radius 1 is 1.07 bits per heavy atom. The summed E-state index contributed by atoms with van der Waals surface area (Å²) >= 11 is 6.75. The van der Waals surface area contributed by atoms with Gasteiger partial charge >= 0.3 is 6.18 Å². The molecule has 2 aromatic carbocycles. The third-order valence-corrected chi connectivity index (χ3v) is 5.35. The van der Waals surface area contributed by atoms with Gasteiger partial charge in [0.05, 0.1) is 11.4 Å². The van der Waals surface area contributed by atoms with E-state index in [-0.39, 0.29) is 12.4 Å². The highest BCUT2D eigenvalue weighted by Crippen LogP contribution is 2.48. The molecule has 4 rings (SSSR count). The minimum atomic E-state index is -4.57. The van der Waals surface area contributed by atoms with Crippen molar-refractivity contribution in [2.24, 2.45) is 0 Å². The molecule has 1 aliphatic rings. The van der Waals surface area contributed by atoms with E-state index in [1.165, 1.54) is 16.4 Å². The fraction of sp³-hybridized carbons (Fsp3) is 0.158. The first-order valence-electron chi connectivity index (χ1n) is 8.34. The molecular formula is C19H12Br2F3N3O2. The number of hydrogen-bond donors (Lipinski definition) is 0. The fourth-order valence-corrected chi connectivity index (χ4v) is 3.73. The molecule has 1 aromatic heterocycles. The van der Waals surface area contributed by atoms with E-state index in [2.05, 4.69) is 36.8 Å². The van der Waals surface area contributed by atoms with Gasteiger partial charge in [-0.1, -0.05) is 31.9 Å². The Morgan fingerprint density at radius 3 is 2.10 bits per heavy atom. The lowest BCUT2D eigenvalue weighted by molar-refractivity contribution is -0.141. The van der Waals surface area contributed by atoms with Gasteiger partial charge in [0, 0.05) is 15.1 Å². The number of carbonyl (C=O) groups is 1. The highest BCUT2D eigenvalue weighted by molar-refractivity contribution is 9.10. The number of nitrogens with zero attached hydrogens (tertiary/aromatic N) is 3. The van der Waals surface area contributed by atoms with Gasteiger partial charge in [0.2, 0.25) is 0 Å². The van der Waals surface area contributed by atoms with Gasteiger partial charge in [0.1, 0.15) is 12.4 Å². The van der Waals surface area contributed by atoms with E-state index >= 15 is 0 Å². The van der Waals surface area contributed by atoms with Crippen molar-refractivity contribution in [3.63, 3.8) is 0 Å². The number of aromatic nitrogens is 2. The summed E-state index contributed by atoms with van der Waals surface area (Å²) in [6.45, 7) is 1.12. The lowest BCUT2D eigenvalue weighted by atomic mass is 10.1. The minimum Gasteiger partial charge on any atom is -0.453 e. The molecule has 0 bridgehead atoms. The van der Waals surface area contributed by atoms with E-state index in [1.807, 2.05) is 0 Å². The second-order valence-corrected chi connectivity index (χ2v) is 8.19. The number of benzene rings is 2. The molecule has 29 heavy (non-hydrogen) atoms. The first-order chi connectivity index (χ1) is 13.6. The summed E-state index contributed by atoms with van der Waals surface area (Å²) in [6, 6.07) is 10.4. The van der Waals surface area contributed by atoms with Gasteiger partial charge in [0.25, 0.3) is 5.91 Å². The maximum Gasteiger partial charge on any atom is 0.434 e. The van der Waals surface area contributed by atoms with Crippen molar-refractivity contribution in [1.82, 2.24) is 9.55 Å². The molecule has 0 radical (unpaired) electrons. The standard InChI is InChI=1S/C19H12Br2F3N3O2/c1-10-25-17(19(22,23)24)8-26(10)9-18(28)27-13-4-2-11(20)6-15(13)29-16-7-12(21)3-5-14(16)27/h2-8H,9H2,1H3. The Labute approximate surface area is 180 Å². The summed E-state index contributed by atoms with van der Waals surface area (Å²) in [5.41, 5.74) is -0.0258. The first-order valence-corrected chi connectivity index (χ1v) is 9.93. The molecule has 0 unspecified atom stereocenters. The first kappa shape index (κ1) is 20.0. The number of halogens is 5. The lowest BCUT2D eigenvalue weighted by Crippen LogP contribution is -2.32. The number of amides is 1. The lowest BCUT2D eigenvalue weighted by Gasteiger charge is -2.31.